The van der Waals surface area contributed by atoms with Crippen LogP contribution in [0, 0.1) is 5.92 Å². The maximum absolute atomic E-state index is 11.8. The Kier molecular flexibility index (Phi) is 25.0. The molecule has 3 N–H and O–H groups in total. The lowest BCUT2D eigenvalue weighted by molar-refractivity contribution is -0.145. The van der Waals surface area contributed by atoms with Crippen molar-refractivity contribution in [1.29, 1.82) is 0 Å². The molecule has 0 heterocycles. The summed E-state index contributed by atoms with van der Waals surface area (Å²) < 4.78 is 5.40. The Morgan fingerprint density at radius 3 is 1.79 bits per heavy atom. The van der Waals surface area contributed by atoms with Crippen molar-refractivity contribution in [1.82, 2.24) is 0 Å². The molecule has 0 spiro atoms. The van der Waals surface area contributed by atoms with Gasteiger partial charge in [-0.25, -0.2) is 0 Å². The number of hydrogen-bond donors (Lipinski definition) is 2. The quantitative estimate of drug-likeness (QED) is 0.206. The molecule has 5 heteroatoms. The zero-order chi connectivity index (χ0) is 19.6. The molecule has 0 bridgehead atoms. The summed E-state index contributed by atoms with van der Waals surface area (Å²) in [5, 5.41) is 8.75. The SMILES string of the molecule is C.C.CCCCCCCCC(CCCCCC)COC(=O)CC[C@H](N)C(=O)O. The second kappa shape index (κ2) is 22.2. The number of nitrogens with two attached hydrogens (primary N) is 1. The van der Waals surface area contributed by atoms with Gasteiger partial charge in [0.2, 0.25) is 0 Å². The molecule has 0 aromatic rings. The van der Waals surface area contributed by atoms with Gasteiger partial charge < -0.3 is 15.6 Å². The number of carboxylic acids is 1. The summed E-state index contributed by atoms with van der Waals surface area (Å²) in [4.78, 5) is 22.5. The van der Waals surface area contributed by atoms with Crippen molar-refractivity contribution in [3.8, 4) is 0 Å². The summed E-state index contributed by atoms with van der Waals surface area (Å²) in [6.45, 7) is 4.89. The second-order valence-electron chi connectivity index (χ2n) is 7.44. The molecule has 0 aliphatic carbocycles. The third-order valence-electron chi connectivity index (χ3n) is 4.89. The Morgan fingerprint density at radius 2 is 1.29 bits per heavy atom. The van der Waals surface area contributed by atoms with Crippen molar-refractivity contribution in [3.63, 3.8) is 0 Å². The van der Waals surface area contributed by atoms with Crippen LogP contribution in [0.2, 0.25) is 0 Å². The highest BCUT2D eigenvalue weighted by atomic mass is 16.5. The Hall–Kier alpha value is -1.10. The maximum Gasteiger partial charge on any atom is 0.320 e. The van der Waals surface area contributed by atoms with Gasteiger partial charge in [-0.2, -0.15) is 0 Å². The second-order valence-corrected chi connectivity index (χ2v) is 7.44. The molecule has 0 rings (SSSR count). The first kappa shape index (κ1) is 31.6. The minimum Gasteiger partial charge on any atom is -0.480 e. The van der Waals surface area contributed by atoms with Gasteiger partial charge in [0.25, 0.3) is 0 Å². The Balaban J connectivity index is -0.00000312. The molecule has 0 fully saturated rings. The summed E-state index contributed by atoms with van der Waals surface area (Å²) in [7, 11) is 0. The molecular weight excluding hydrogens is 354 g/mol. The standard InChI is InChI=1S/C21H41NO4.2CH4/c1-3-5-7-9-10-12-14-18(13-11-8-6-4-2)17-26-20(23)16-15-19(22)21(24)25;;/h18-19H,3-17,22H2,1-2H3,(H,24,25);2*1H4/t18?,19-;;/m0../s1. The monoisotopic (exact) mass is 403 g/mol. The molecule has 0 radical (unpaired) electrons. The van der Waals surface area contributed by atoms with Crippen LogP contribution in [0.3, 0.4) is 0 Å². The fraction of sp³-hybridized carbons (Fsp3) is 0.913. The van der Waals surface area contributed by atoms with Crippen LogP contribution in [0.25, 0.3) is 0 Å². The Morgan fingerprint density at radius 1 is 0.821 bits per heavy atom. The molecule has 0 aliphatic rings. The van der Waals surface area contributed by atoms with Crippen molar-refractivity contribution in [3.05, 3.63) is 0 Å². The smallest absolute Gasteiger partial charge is 0.320 e. The number of carboxylic acid groups (broad SMARTS) is 1. The molecule has 0 saturated heterocycles. The van der Waals surface area contributed by atoms with Crippen LogP contribution in [0.5, 0.6) is 0 Å². The van der Waals surface area contributed by atoms with E-state index in [1.54, 1.807) is 0 Å². The number of ether oxygens (including phenoxy) is 1. The lowest BCUT2D eigenvalue weighted by Crippen LogP contribution is -2.30. The zero-order valence-corrected chi connectivity index (χ0v) is 17.0. The van der Waals surface area contributed by atoms with Crippen LogP contribution in [0.4, 0.5) is 0 Å². The number of carbonyl (C=O) groups is 2. The van der Waals surface area contributed by atoms with Gasteiger partial charge >= 0.3 is 11.9 Å². The molecular formula is C23H49NO4. The predicted octanol–water partition coefficient (Wildman–Crippen LogP) is 6.33. The van der Waals surface area contributed by atoms with E-state index in [4.69, 9.17) is 15.6 Å². The molecule has 0 amide bonds. The zero-order valence-electron chi connectivity index (χ0n) is 17.0. The Labute approximate surface area is 174 Å². The van der Waals surface area contributed by atoms with Gasteiger partial charge in [0.1, 0.15) is 6.04 Å². The fourth-order valence-corrected chi connectivity index (χ4v) is 3.06. The van der Waals surface area contributed by atoms with Crippen LogP contribution >= 0.6 is 0 Å². The average molecular weight is 404 g/mol. The van der Waals surface area contributed by atoms with Gasteiger partial charge in [-0.1, -0.05) is 92.9 Å². The number of carbonyl (C=O) groups excluding carboxylic acids is 1. The highest BCUT2D eigenvalue weighted by molar-refractivity contribution is 5.75. The molecule has 28 heavy (non-hydrogen) atoms. The summed E-state index contributed by atoms with van der Waals surface area (Å²) in [6, 6.07) is -0.990. The van der Waals surface area contributed by atoms with Gasteiger partial charge in [-0.3, -0.25) is 9.59 Å². The van der Waals surface area contributed by atoms with E-state index in [2.05, 4.69) is 13.8 Å². The van der Waals surface area contributed by atoms with Crippen molar-refractivity contribution in [2.24, 2.45) is 11.7 Å². The van der Waals surface area contributed by atoms with Crippen LogP contribution in [-0.2, 0) is 14.3 Å². The largest absolute Gasteiger partial charge is 0.480 e. The first-order chi connectivity index (χ1) is 12.5. The Bertz CT molecular complexity index is 361. The first-order valence-corrected chi connectivity index (χ1v) is 10.6. The minimum absolute atomic E-state index is 0. The van der Waals surface area contributed by atoms with E-state index in [1.165, 1.54) is 64.2 Å². The number of rotatable bonds is 18. The highest BCUT2D eigenvalue weighted by Gasteiger charge is 2.16. The van der Waals surface area contributed by atoms with Crippen molar-refractivity contribution >= 4 is 11.9 Å². The molecule has 0 aliphatic heterocycles. The molecule has 2 atom stereocenters. The first-order valence-electron chi connectivity index (χ1n) is 10.6. The van der Waals surface area contributed by atoms with E-state index in [1.807, 2.05) is 0 Å². The maximum atomic E-state index is 11.8. The van der Waals surface area contributed by atoms with Crippen molar-refractivity contribution in [2.75, 3.05) is 6.61 Å². The van der Waals surface area contributed by atoms with E-state index in [9.17, 15) is 9.59 Å². The third-order valence-corrected chi connectivity index (χ3v) is 4.89. The van der Waals surface area contributed by atoms with Gasteiger partial charge in [0.15, 0.2) is 0 Å². The number of hydrogen-bond acceptors (Lipinski definition) is 4. The van der Waals surface area contributed by atoms with Crippen molar-refractivity contribution in [2.45, 2.75) is 125 Å². The number of unbranched alkanes of at least 4 members (excludes halogenated alkanes) is 8. The van der Waals surface area contributed by atoms with Crippen LogP contribution in [-0.4, -0.2) is 29.7 Å². The number of esters is 1. The molecule has 0 saturated carbocycles. The molecule has 0 aromatic carbocycles. The minimum atomic E-state index is -1.07. The summed E-state index contributed by atoms with van der Waals surface area (Å²) in [5.74, 6) is -0.979. The van der Waals surface area contributed by atoms with E-state index in [-0.39, 0.29) is 33.7 Å². The van der Waals surface area contributed by atoms with Gasteiger partial charge in [-0.05, 0) is 25.2 Å². The third kappa shape index (κ3) is 19.7. The van der Waals surface area contributed by atoms with E-state index < -0.39 is 12.0 Å². The fourth-order valence-electron chi connectivity index (χ4n) is 3.06. The molecule has 1 unspecified atom stereocenters. The lowest BCUT2D eigenvalue weighted by Gasteiger charge is -2.17. The number of aliphatic carboxylic acids is 1. The van der Waals surface area contributed by atoms with E-state index >= 15 is 0 Å². The van der Waals surface area contributed by atoms with E-state index in [0.717, 1.165) is 12.8 Å². The molecule has 170 valence electrons. The van der Waals surface area contributed by atoms with E-state index in [0.29, 0.717) is 12.5 Å². The summed E-state index contributed by atoms with van der Waals surface area (Å²) >= 11 is 0. The summed E-state index contributed by atoms with van der Waals surface area (Å²) in [6.07, 6.45) is 15.0. The van der Waals surface area contributed by atoms with Gasteiger partial charge in [0, 0.05) is 6.42 Å². The average Bonchev–Trinajstić information content (AvgIpc) is 2.62. The topological polar surface area (TPSA) is 89.6 Å². The van der Waals surface area contributed by atoms with Gasteiger partial charge in [-0.15, -0.1) is 0 Å². The van der Waals surface area contributed by atoms with Crippen molar-refractivity contribution < 1.29 is 19.4 Å². The molecule has 5 nitrogen and oxygen atoms in total. The summed E-state index contributed by atoms with van der Waals surface area (Å²) in [5.41, 5.74) is 5.42. The molecule has 0 aromatic heterocycles. The predicted molar refractivity (Wildman–Crippen MR) is 120 cm³/mol. The van der Waals surface area contributed by atoms with Gasteiger partial charge in [0.05, 0.1) is 6.61 Å². The van der Waals surface area contributed by atoms with Crippen LogP contribution in [0.15, 0.2) is 0 Å². The van der Waals surface area contributed by atoms with Crippen LogP contribution < -0.4 is 5.73 Å². The highest BCUT2D eigenvalue weighted by Crippen LogP contribution is 2.19. The lowest BCUT2D eigenvalue weighted by atomic mass is 9.95. The normalized spacial score (nSPS) is 12.4. The van der Waals surface area contributed by atoms with Crippen LogP contribution in [0.1, 0.15) is 119 Å².